The number of nitrogens with one attached hydrogen (secondary N) is 1. The predicted octanol–water partition coefficient (Wildman–Crippen LogP) is 4.33. The third kappa shape index (κ3) is 3.64. The molecule has 2 aromatic carbocycles. The van der Waals surface area contributed by atoms with Crippen LogP contribution < -0.4 is 4.90 Å². The van der Waals surface area contributed by atoms with Gasteiger partial charge in [-0.1, -0.05) is 12.6 Å². The van der Waals surface area contributed by atoms with Crippen LogP contribution >= 0.6 is 0 Å². The minimum Gasteiger partial charge on any atom is -0.366 e. The molecule has 1 aliphatic rings. The molecule has 1 amide bonds. The highest BCUT2D eigenvalue weighted by Gasteiger charge is 2.36. The second-order valence-electron chi connectivity index (χ2n) is 8.25. The number of piperazine rings is 1. The maximum Gasteiger partial charge on any atom is 0.417 e. The van der Waals surface area contributed by atoms with E-state index < -0.39 is 11.7 Å². The highest BCUT2D eigenvalue weighted by molar-refractivity contribution is 6.01. The van der Waals surface area contributed by atoms with Gasteiger partial charge in [0.05, 0.1) is 34.7 Å². The van der Waals surface area contributed by atoms with E-state index in [1.807, 2.05) is 4.90 Å². The number of alkyl halides is 3. The molecule has 1 fully saturated rings. The van der Waals surface area contributed by atoms with Crippen molar-refractivity contribution in [1.82, 2.24) is 25.3 Å². The van der Waals surface area contributed by atoms with Gasteiger partial charge < -0.3 is 9.80 Å². The summed E-state index contributed by atoms with van der Waals surface area (Å²) in [6.07, 6.45) is -0.306. The number of nitrogens with zero attached hydrogens (tertiary/aromatic N) is 5. The number of hydrogen-bond donors (Lipinski definition) is 1. The lowest BCUT2D eigenvalue weighted by atomic mass is 9.91. The number of hydrogen-bond acceptors (Lipinski definition) is 5. The van der Waals surface area contributed by atoms with Gasteiger partial charge >= 0.3 is 6.18 Å². The van der Waals surface area contributed by atoms with Crippen LogP contribution in [0.4, 0.5) is 18.9 Å². The number of amides is 1. The van der Waals surface area contributed by atoms with E-state index in [9.17, 15) is 18.0 Å². The van der Waals surface area contributed by atoms with E-state index in [4.69, 9.17) is 0 Å². The van der Waals surface area contributed by atoms with Crippen LogP contribution in [0.5, 0.6) is 0 Å². The number of rotatable bonds is 3. The number of aryl methyl sites for hydroxylation is 1. The van der Waals surface area contributed by atoms with Gasteiger partial charge in [-0.2, -0.15) is 28.5 Å². The molecule has 10 heteroatoms. The lowest BCUT2D eigenvalue weighted by Crippen LogP contribution is -2.48. The van der Waals surface area contributed by atoms with Gasteiger partial charge in [-0.3, -0.25) is 9.89 Å². The third-order valence-electron chi connectivity index (χ3n) is 6.27. The Balaban J connectivity index is 1.66. The first-order valence-corrected chi connectivity index (χ1v) is 10.7. The summed E-state index contributed by atoms with van der Waals surface area (Å²) in [7, 11) is 0. The van der Waals surface area contributed by atoms with Crippen LogP contribution in [0.15, 0.2) is 49.3 Å². The zero-order chi connectivity index (χ0) is 24.0. The summed E-state index contributed by atoms with van der Waals surface area (Å²) in [6, 6.07) is 6.19. The highest BCUT2D eigenvalue weighted by atomic mass is 19.4. The summed E-state index contributed by atoms with van der Waals surface area (Å²) in [5.41, 5.74) is 2.04. The van der Waals surface area contributed by atoms with Crippen molar-refractivity contribution >= 4 is 33.4 Å². The van der Waals surface area contributed by atoms with Crippen molar-refractivity contribution in [1.29, 1.82) is 0 Å². The van der Waals surface area contributed by atoms with Gasteiger partial charge in [0.25, 0.3) is 0 Å². The van der Waals surface area contributed by atoms with Gasteiger partial charge in [0.1, 0.15) is 0 Å². The van der Waals surface area contributed by atoms with Crippen molar-refractivity contribution in [3.05, 3.63) is 60.4 Å². The lowest BCUT2D eigenvalue weighted by molar-refractivity contribution is -0.137. The number of halogens is 3. The normalized spacial score (nSPS) is 14.7. The van der Waals surface area contributed by atoms with Gasteiger partial charge in [0.2, 0.25) is 5.91 Å². The van der Waals surface area contributed by atoms with Crippen LogP contribution in [0.25, 0.3) is 32.9 Å². The SMILES string of the molecule is C=CC(=O)N1CCN(c2cnnc3cc(-c4c(C)ccc5[nH]ncc45)c(C(F)(F)F)cc23)CC1. The molecular weight excluding hydrogens is 445 g/mol. The topological polar surface area (TPSA) is 78.0 Å². The molecule has 2 aromatic heterocycles. The number of carbonyl (C=O) groups is 1. The first-order chi connectivity index (χ1) is 16.3. The molecule has 7 nitrogen and oxygen atoms in total. The van der Waals surface area contributed by atoms with Gasteiger partial charge in [0, 0.05) is 37.0 Å². The maximum atomic E-state index is 14.3. The molecule has 0 radical (unpaired) electrons. The van der Waals surface area contributed by atoms with Gasteiger partial charge in [-0.15, -0.1) is 0 Å². The molecule has 0 saturated carbocycles. The average Bonchev–Trinajstić information content (AvgIpc) is 3.30. The van der Waals surface area contributed by atoms with Gasteiger partial charge in [0.15, 0.2) is 0 Å². The smallest absolute Gasteiger partial charge is 0.366 e. The van der Waals surface area contributed by atoms with E-state index in [-0.39, 0.29) is 11.5 Å². The quantitative estimate of drug-likeness (QED) is 0.455. The van der Waals surface area contributed by atoms with Crippen LogP contribution in [0.1, 0.15) is 11.1 Å². The Morgan fingerprint density at radius 2 is 1.88 bits per heavy atom. The van der Waals surface area contributed by atoms with Crippen molar-refractivity contribution in [3.63, 3.8) is 0 Å². The predicted molar refractivity (Wildman–Crippen MR) is 123 cm³/mol. The van der Waals surface area contributed by atoms with Gasteiger partial charge in [-0.25, -0.2) is 0 Å². The molecule has 0 unspecified atom stereocenters. The second kappa shape index (κ2) is 8.12. The number of aromatic amines is 1. The number of benzene rings is 2. The van der Waals surface area contributed by atoms with Crippen LogP contribution in [-0.4, -0.2) is 57.4 Å². The third-order valence-corrected chi connectivity index (χ3v) is 6.27. The molecular formula is C24H21F3N6O. The zero-order valence-electron chi connectivity index (χ0n) is 18.4. The van der Waals surface area contributed by atoms with E-state index in [0.29, 0.717) is 64.8 Å². The minimum atomic E-state index is -4.59. The van der Waals surface area contributed by atoms with Crippen molar-refractivity contribution < 1.29 is 18.0 Å². The molecule has 3 heterocycles. The molecule has 1 N–H and O–H groups in total. The first kappa shape index (κ1) is 21.9. The number of H-pyrrole nitrogens is 1. The lowest BCUT2D eigenvalue weighted by Gasteiger charge is -2.36. The Bertz CT molecular complexity index is 1420. The minimum absolute atomic E-state index is 0.0392. The second-order valence-corrected chi connectivity index (χ2v) is 8.25. The number of carbonyl (C=O) groups excluding carboxylic acids is 1. The van der Waals surface area contributed by atoms with Crippen LogP contribution in [0.3, 0.4) is 0 Å². The summed E-state index contributed by atoms with van der Waals surface area (Å²) in [6.45, 7) is 7.11. The average molecular weight is 466 g/mol. The fourth-order valence-electron chi connectivity index (χ4n) is 4.57. The van der Waals surface area contributed by atoms with E-state index >= 15 is 0 Å². The van der Waals surface area contributed by atoms with Crippen molar-refractivity contribution in [2.24, 2.45) is 0 Å². The molecule has 4 aromatic rings. The number of aromatic nitrogens is 4. The fraction of sp³-hybridized carbons (Fsp3) is 0.250. The monoisotopic (exact) mass is 466 g/mol. The Morgan fingerprint density at radius 3 is 2.59 bits per heavy atom. The number of anilines is 1. The summed E-state index contributed by atoms with van der Waals surface area (Å²) >= 11 is 0. The largest absolute Gasteiger partial charge is 0.417 e. The fourth-order valence-corrected chi connectivity index (χ4v) is 4.57. The molecule has 0 bridgehead atoms. The standard InChI is InChI=1S/C24H21F3N6O/c1-3-22(34)33-8-6-32(7-9-33)21-13-29-31-20-11-15(18(10-16(20)21)24(25,26)27)23-14(2)4-5-19-17(23)12-28-30-19/h3-5,10-13H,1,6-9H2,2H3,(H,28,30). The summed E-state index contributed by atoms with van der Waals surface area (Å²) in [5, 5.41) is 16.0. The molecule has 0 spiro atoms. The maximum absolute atomic E-state index is 14.3. The molecule has 1 saturated heterocycles. The van der Waals surface area contributed by atoms with Crippen molar-refractivity contribution in [3.8, 4) is 11.1 Å². The van der Waals surface area contributed by atoms with Gasteiger partial charge in [-0.05, 0) is 47.9 Å². The summed E-state index contributed by atoms with van der Waals surface area (Å²) < 4.78 is 43.0. The molecule has 0 atom stereocenters. The van der Waals surface area contributed by atoms with Crippen LogP contribution in [-0.2, 0) is 11.0 Å². The summed E-state index contributed by atoms with van der Waals surface area (Å²) in [5.74, 6) is -0.162. The zero-order valence-corrected chi connectivity index (χ0v) is 18.4. The van der Waals surface area contributed by atoms with Crippen molar-refractivity contribution in [2.75, 3.05) is 31.1 Å². The summed E-state index contributed by atoms with van der Waals surface area (Å²) in [4.78, 5) is 15.5. The molecule has 5 rings (SSSR count). The van der Waals surface area contributed by atoms with Crippen molar-refractivity contribution in [2.45, 2.75) is 13.1 Å². The first-order valence-electron chi connectivity index (χ1n) is 10.7. The van der Waals surface area contributed by atoms with Crippen LogP contribution in [0, 0.1) is 6.92 Å². The Kier molecular flexibility index (Phi) is 5.22. The van der Waals surface area contributed by atoms with E-state index in [0.717, 1.165) is 6.07 Å². The highest BCUT2D eigenvalue weighted by Crippen LogP contribution is 2.43. The van der Waals surface area contributed by atoms with E-state index in [2.05, 4.69) is 27.0 Å². The molecule has 0 aliphatic carbocycles. The van der Waals surface area contributed by atoms with E-state index in [1.54, 1.807) is 24.0 Å². The Hall–Kier alpha value is -3.95. The number of fused-ring (bicyclic) bond motifs is 2. The Morgan fingerprint density at radius 1 is 1.12 bits per heavy atom. The molecule has 174 valence electrons. The Labute approximate surface area is 192 Å². The van der Waals surface area contributed by atoms with E-state index in [1.165, 1.54) is 24.5 Å². The van der Waals surface area contributed by atoms with Crippen LogP contribution in [0.2, 0.25) is 0 Å². The molecule has 1 aliphatic heterocycles. The molecule has 34 heavy (non-hydrogen) atoms.